The molecule has 0 spiro atoms. The van der Waals surface area contributed by atoms with Crippen molar-refractivity contribution in [2.75, 3.05) is 25.2 Å². The highest BCUT2D eigenvalue weighted by atomic mass is 16.5. The zero-order valence-corrected chi connectivity index (χ0v) is 17.7. The number of para-hydroxylation sites is 3. The van der Waals surface area contributed by atoms with E-state index in [1.54, 1.807) is 53.1 Å². The number of primary amides is 1. The summed E-state index contributed by atoms with van der Waals surface area (Å²) >= 11 is 0. The lowest BCUT2D eigenvalue weighted by Gasteiger charge is -2.33. The van der Waals surface area contributed by atoms with Gasteiger partial charge in [0.15, 0.2) is 12.7 Å². The molecule has 2 aromatic carbocycles. The average molecular weight is 451 g/mol. The van der Waals surface area contributed by atoms with Crippen molar-refractivity contribution in [3.63, 3.8) is 0 Å². The van der Waals surface area contributed by atoms with Crippen LogP contribution < -0.4 is 15.4 Å². The van der Waals surface area contributed by atoms with Crippen LogP contribution in [0.2, 0.25) is 0 Å². The normalized spacial score (nSPS) is 14.8. The molecule has 0 fully saturated rings. The minimum absolute atomic E-state index is 0.0898. The van der Waals surface area contributed by atoms with Crippen LogP contribution in [0.5, 0.6) is 5.75 Å². The Balaban J connectivity index is 1.46. The van der Waals surface area contributed by atoms with Gasteiger partial charge in [0, 0.05) is 17.1 Å². The van der Waals surface area contributed by atoms with E-state index in [4.69, 9.17) is 19.9 Å². The summed E-state index contributed by atoms with van der Waals surface area (Å²) in [6.45, 7) is -0.844. The molecule has 2 amide bonds. The summed E-state index contributed by atoms with van der Waals surface area (Å²) in [5.41, 5.74) is 6.77. The second-order valence-electron chi connectivity index (χ2n) is 7.32. The Kier molecular flexibility index (Phi) is 5.99. The molecule has 33 heavy (non-hydrogen) atoms. The summed E-state index contributed by atoms with van der Waals surface area (Å²) in [6, 6.07) is 13.8. The van der Waals surface area contributed by atoms with Gasteiger partial charge in [-0.05, 0) is 18.2 Å². The van der Waals surface area contributed by atoms with Crippen molar-refractivity contribution >= 4 is 40.3 Å². The molecule has 0 saturated carbocycles. The molecule has 1 unspecified atom stereocenters. The van der Waals surface area contributed by atoms with Crippen LogP contribution in [0.15, 0.2) is 54.7 Å². The summed E-state index contributed by atoms with van der Waals surface area (Å²) in [6.07, 6.45) is 0.498. The van der Waals surface area contributed by atoms with Gasteiger partial charge in [-0.1, -0.05) is 30.3 Å². The highest BCUT2D eigenvalue weighted by Crippen LogP contribution is 2.33. The van der Waals surface area contributed by atoms with Crippen molar-refractivity contribution in [1.82, 2.24) is 4.57 Å². The number of ether oxygens (including phenoxy) is 3. The maximum Gasteiger partial charge on any atom is 0.340 e. The maximum absolute atomic E-state index is 12.8. The number of amides is 2. The van der Waals surface area contributed by atoms with Crippen molar-refractivity contribution in [2.24, 2.45) is 5.73 Å². The van der Waals surface area contributed by atoms with Gasteiger partial charge in [-0.15, -0.1) is 0 Å². The Bertz CT molecular complexity index is 1250. The first-order valence-electron chi connectivity index (χ1n) is 10.1. The molecule has 0 bridgehead atoms. The van der Waals surface area contributed by atoms with Crippen LogP contribution in [-0.4, -0.2) is 54.7 Å². The molecule has 10 heteroatoms. The maximum atomic E-state index is 12.8. The second kappa shape index (κ2) is 9.03. The fourth-order valence-corrected chi connectivity index (χ4v) is 3.67. The minimum atomic E-state index is -1.01. The van der Waals surface area contributed by atoms with E-state index in [1.807, 2.05) is 0 Å². The zero-order chi connectivity index (χ0) is 23.5. The summed E-state index contributed by atoms with van der Waals surface area (Å²) in [5, 5.41) is 0.635. The number of methoxy groups -OCH3 is 1. The fraction of sp³-hybridized carbons (Fsp3) is 0.217. The van der Waals surface area contributed by atoms with E-state index in [1.165, 1.54) is 18.2 Å². The van der Waals surface area contributed by atoms with E-state index < -0.39 is 36.5 Å². The molecular weight excluding hydrogens is 430 g/mol. The van der Waals surface area contributed by atoms with Crippen molar-refractivity contribution in [1.29, 1.82) is 0 Å². The SMILES string of the molecule is COC(=O)c1cn(CC(=O)OCC(=O)N2CC(C(N)=O)Oc3ccccc32)c2ccccc12. The van der Waals surface area contributed by atoms with E-state index >= 15 is 0 Å². The smallest absolute Gasteiger partial charge is 0.340 e. The van der Waals surface area contributed by atoms with Gasteiger partial charge in [0.25, 0.3) is 11.8 Å². The van der Waals surface area contributed by atoms with E-state index in [2.05, 4.69) is 0 Å². The second-order valence-corrected chi connectivity index (χ2v) is 7.32. The van der Waals surface area contributed by atoms with Crippen LogP contribution in [0.3, 0.4) is 0 Å². The number of carbonyl (C=O) groups is 4. The topological polar surface area (TPSA) is 130 Å². The number of fused-ring (bicyclic) bond motifs is 2. The number of hydrogen-bond donors (Lipinski definition) is 1. The highest BCUT2D eigenvalue weighted by molar-refractivity contribution is 6.04. The number of hydrogen-bond acceptors (Lipinski definition) is 7. The number of carbonyl (C=O) groups excluding carboxylic acids is 4. The van der Waals surface area contributed by atoms with Crippen LogP contribution in [0.1, 0.15) is 10.4 Å². The number of nitrogens with two attached hydrogens (primary N) is 1. The van der Waals surface area contributed by atoms with Gasteiger partial charge < -0.3 is 29.4 Å². The monoisotopic (exact) mass is 451 g/mol. The molecule has 3 aromatic rings. The van der Waals surface area contributed by atoms with Gasteiger partial charge in [-0.3, -0.25) is 14.4 Å². The lowest BCUT2D eigenvalue weighted by molar-refractivity contribution is -0.148. The lowest BCUT2D eigenvalue weighted by Crippen LogP contribution is -2.50. The van der Waals surface area contributed by atoms with Crippen LogP contribution in [-0.2, 0) is 30.4 Å². The van der Waals surface area contributed by atoms with Crippen molar-refractivity contribution in [3.05, 3.63) is 60.3 Å². The fourth-order valence-electron chi connectivity index (χ4n) is 3.67. The van der Waals surface area contributed by atoms with Crippen LogP contribution >= 0.6 is 0 Å². The number of nitrogens with zero attached hydrogens (tertiary/aromatic N) is 2. The van der Waals surface area contributed by atoms with Crippen LogP contribution in [0.4, 0.5) is 5.69 Å². The number of aromatic nitrogens is 1. The summed E-state index contributed by atoms with van der Waals surface area (Å²) < 4.78 is 17.1. The predicted octanol–water partition coefficient (Wildman–Crippen LogP) is 1.25. The summed E-state index contributed by atoms with van der Waals surface area (Å²) in [7, 11) is 1.28. The molecular formula is C23H21N3O7. The molecule has 1 aliphatic heterocycles. The van der Waals surface area contributed by atoms with Crippen molar-refractivity contribution in [3.8, 4) is 5.75 Å². The van der Waals surface area contributed by atoms with E-state index in [0.717, 1.165) is 0 Å². The van der Waals surface area contributed by atoms with Gasteiger partial charge in [0.1, 0.15) is 12.3 Å². The Morgan fingerprint density at radius 2 is 1.82 bits per heavy atom. The predicted molar refractivity (Wildman–Crippen MR) is 117 cm³/mol. The summed E-state index contributed by atoms with van der Waals surface area (Å²) in [4.78, 5) is 50.3. The number of benzene rings is 2. The Hall–Kier alpha value is -4.34. The minimum Gasteiger partial charge on any atom is -0.477 e. The number of esters is 2. The highest BCUT2D eigenvalue weighted by Gasteiger charge is 2.33. The molecule has 1 aliphatic rings. The number of rotatable bonds is 6. The van der Waals surface area contributed by atoms with Crippen molar-refractivity contribution in [2.45, 2.75) is 12.6 Å². The standard InChI is InChI=1S/C23H21N3O7/c1-31-23(30)15-10-25(16-7-3-2-6-14(15)16)12-21(28)32-13-20(27)26-11-19(22(24)29)33-18-9-5-4-8-17(18)26/h2-10,19H,11-13H2,1H3,(H2,24,29). The Morgan fingerprint density at radius 1 is 1.09 bits per heavy atom. The molecule has 0 radical (unpaired) electrons. The first-order valence-corrected chi connectivity index (χ1v) is 10.1. The summed E-state index contributed by atoms with van der Waals surface area (Å²) in [5.74, 6) is -2.10. The Labute approximate surface area is 188 Å². The first kappa shape index (κ1) is 21.9. The van der Waals surface area contributed by atoms with Crippen LogP contribution in [0.25, 0.3) is 10.9 Å². The molecule has 4 rings (SSSR count). The molecule has 2 N–H and O–H groups in total. The van der Waals surface area contributed by atoms with E-state index in [9.17, 15) is 19.2 Å². The van der Waals surface area contributed by atoms with Gasteiger partial charge in [-0.2, -0.15) is 0 Å². The lowest BCUT2D eigenvalue weighted by atomic mass is 10.2. The van der Waals surface area contributed by atoms with Gasteiger partial charge in [-0.25, -0.2) is 4.79 Å². The zero-order valence-electron chi connectivity index (χ0n) is 17.7. The van der Waals surface area contributed by atoms with Gasteiger partial charge in [0.05, 0.1) is 24.9 Å². The quantitative estimate of drug-likeness (QED) is 0.558. The van der Waals surface area contributed by atoms with Crippen molar-refractivity contribution < 1.29 is 33.4 Å². The number of anilines is 1. The first-order chi connectivity index (χ1) is 15.9. The molecule has 1 aromatic heterocycles. The molecule has 0 aliphatic carbocycles. The third-order valence-electron chi connectivity index (χ3n) is 5.24. The molecule has 170 valence electrons. The van der Waals surface area contributed by atoms with Crippen LogP contribution in [0, 0.1) is 0 Å². The van der Waals surface area contributed by atoms with E-state index in [0.29, 0.717) is 27.9 Å². The third-order valence-corrected chi connectivity index (χ3v) is 5.24. The molecule has 2 heterocycles. The molecule has 0 saturated heterocycles. The van der Waals surface area contributed by atoms with E-state index in [-0.39, 0.29) is 13.1 Å². The Morgan fingerprint density at radius 3 is 2.58 bits per heavy atom. The van der Waals surface area contributed by atoms with Gasteiger partial charge in [0.2, 0.25) is 0 Å². The average Bonchev–Trinajstić information content (AvgIpc) is 3.19. The molecule has 10 nitrogen and oxygen atoms in total. The third kappa shape index (κ3) is 4.36. The molecule has 1 atom stereocenters. The largest absolute Gasteiger partial charge is 0.477 e. The van der Waals surface area contributed by atoms with Gasteiger partial charge >= 0.3 is 11.9 Å².